The topological polar surface area (TPSA) is 65.4 Å². The maximum Gasteiger partial charge on any atom is 0.434 e. The van der Waals surface area contributed by atoms with E-state index >= 15 is 0 Å². The van der Waals surface area contributed by atoms with Gasteiger partial charge in [0.05, 0.1) is 43.3 Å². The lowest BCUT2D eigenvalue weighted by atomic mass is 10.1. The standard InChI is InChI=1S/C22H19F6N3O3/c1-12(16-10-15(33-2)7-8-18(16)34-3)30-20(32)17-11-29-31(19(17)22(26,27)28)14-6-4-5-13(9-14)21(23,24)25/h4-12H,1-3H3,(H,30,32). The van der Waals surface area contributed by atoms with Gasteiger partial charge in [0, 0.05) is 5.56 Å². The van der Waals surface area contributed by atoms with Gasteiger partial charge in [-0.05, 0) is 43.3 Å². The fourth-order valence-corrected chi connectivity index (χ4v) is 3.33. The first-order valence-electron chi connectivity index (χ1n) is 9.72. The number of rotatable bonds is 6. The van der Waals surface area contributed by atoms with Crippen molar-refractivity contribution in [1.29, 1.82) is 0 Å². The number of ether oxygens (including phenoxy) is 2. The van der Waals surface area contributed by atoms with E-state index in [1.54, 1.807) is 18.2 Å². The number of halogens is 6. The van der Waals surface area contributed by atoms with Gasteiger partial charge < -0.3 is 14.8 Å². The number of nitrogens with zero attached hydrogens (tertiary/aromatic N) is 2. The predicted octanol–water partition coefficient (Wildman–Crippen LogP) is 5.42. The molecular weight excluding hydrogens is 468 g/mol. The Morgan fingerprint density at radius 1 is 1.00 bits per heavy atom. The molecule has 0 radical (unpaired) electrons. The summed E-state index contributed by atoms with van der Waals surface area (Å²) in [5.74, 6) is -0.322. The van der Waals surface area contributed by atoms with E-state index in [4.69, 9.17) is 9.47 Å². The minimum atomic E-state index is -5.09. The Balaban J connectivity index is 2.00. The quantitative estimate of drug-likeness (QED) is 0.472. The molecule has 1 unspecified atom stereocenters. The molecule has 0 saturated carbocycles. The van der Waals surface area contributed by atoms with Gasteiger partial charge in [-0.15, -0.1) is 0 Å². The van der Waals surface area contributed by atoms with Gasteiger partial charge in [0.1, 0.15) is 11.5 Å². The zero-order valence-corrected chi connectivity index (χ0v) is 18.1. The molecule has 1 N–H and O–H groups in total. The summed E-state index contributed by atoms with van der Waals surface area (Å²) in [7, 11) is 2.81. The fraction of sp³-hybridized carbons (Fsp3) is 0.273. The molecule has 1 amide bonds. The molecule has 3 aromatic rings. The third-order valence-electron chi connectivity index (χ3n) is 4.95. The van der Waals surface area contributed by atoms with Crippen LogP contribution in [-0.2, 0) is 12.4 Å². The van der Waals surface area contributed by atoms with Crippen LogP contribution in [0.15, 0.2) is 48.7 Å². The summed E-state index contributed by atoms with van der Waals surface area (Å²) in [5.41, 5.74) is -3.57. The highest BCUT2D eigenvalue weighted by Crippen LogP contribution is 2.36. The van der Waals surface area contributed by atoms with Crippen LogP contribution >= 0.6 is 0 Å². The molecule has 0 aliphatic heterocycles. The zero-order valence-electron chi connectivity index (χ0n) is 18.1. The highest BCUT2D eigenvalue weighted by molar-refractivity contribution is 5.95. The molecule has 0 bridgehead atoms. The summed E-state index contributed by atoms with van der Waals surface area (Å²) in [6.07, 6.45) is -9.20. The average Bonchev–Trinajstić information content (AvgIpc) is 3.24. The van der Waals surface area contributed by atoms with Gasteiger partial charge in [-0.25, -0.2) is 4.68 Å². The minimum absolute atomic E-state index is 0.265. The van der Waals surface area contributed by atoms with Crippen molar-refractivity contribution in [2.24, 2.45) is 0 Å². The van der Waals surface area contributed by atoms with Crippen molar-refractivity contribution < 1.29 is 40.6 Å². The second kappa shape index (κ2) is 9.27. The van der Waals surface area contributed by atoms with Gasteiger partial charge in [0.25, 0.3) is 5.91 Å². The number of methoxy groups -OCH3 is 2. The summed E-state index contributed by atoms with van der Waals surface area (Å²) in [6.45, 7) is 1.53. The van der Waals surface area contributed by atoms with Crippen LogP contribution in [0.1, 0.15) is 40.1 Å². The molecule has 1 atom stereocenters. The maximum atomic E-state index is 13.9. The molecule has 0 spiro atoms. The molecule has 0 aliphatic rings. The molecule has 34 heavy (non-hydrogen) atoms. The number of carbonyl (C=O) groups is 1. The van der Waals surface area contributed by atoms with Gasteiger partial charge in [-0.3, -0.25) is 4.79 Å². The zero-order chi connectivity index (χ0) is 25.3. The first kappa shape index (κ1) is 24.9. The van der Waals surface area contributed by atoms with E-state index in [1.807, 2.05) is 0 Å². The molecule has 3 rings (SSSR count). The van der Waals surface area contributed by atoms with Gasteiger partial charge in [0.15, 0.2) is 5.69 Å². The lowest BCUT2D eigenvalue weighted by Gasteiger charge is -2.19. The van der Waals surface area contributed by atoms with Crippen LogP contribution in [0.2, 0.25) is 0 Å². The molecular formula is C22H19F6N3O3. The number of nitrogens with one attached hydrogen (secondary N) is 1. The Morgan fingerprint density at radius 3 is 2.29 bits per heavy atom. The number of hydrogen-bond donors (Lipinski definition) is 1. The van der Waals surface area contributed by atoms with E-state index in [0.717, 1.165) is 18.2 Å². The summed E-state index contributed by atoms with van der Waals surface area (Å²) >= 11 is 0. The fourth-order valence-electron chi connectivity index (χ4n) is 3.33. The molecule has 0 fully saturated rings. The second-order valence-corrected chi connectivity index (χ2v) is 7.17. The Kier molecular flexibility index (Phi) is 6.80. The third-order valence-corrected chi connectivity index (χ3v) is 4.95. The van der Waals surface area contributed by atoms with Crippen molar-refractivity contribution in [2.75, 3.05) is 14.2 Å². The minimum Gasteiger partial charge on any atom is -0.497 e. The van der Waals surface area contributed by atoms with Crippen LogP contribution in [0.4, 0.5) is 26.3 Å². The molecule has 2 aromatic carbocycles. The van der Waals surface area contributed by atoms with Gasteiger partial charge >= 0.3 is 12.4 Å². The van der Waals surface area contributed by atoms with E-state index in [9.17, 15) is 31.1 Å². The van der Waals surface area contributed by atoms with Crippen LogP contribution in [-0.4, -0.2) is 29.9 Å². The van der Waals surface area contributed by atoms with Crippen LogP contribution in [0.25, 0.3) is 5.69 Å². The van der Waals surface area contributed by atoms with E-state index in [0.29, 0.717) is 29.3 Å². The Labute approximate surface area is 190 Å². The number of alkyl halides is 6. The third kappa shape index (κ3) is 5.10. The summed E-state index contributed by atoms with van der Waals surface area (Å²) < 4.78 is 91.4. The number of carbonyl (C=O) groups excluding carboxylic acids is 1. The monoisotopic (exact) mass is 487 g/mol. The lowest BCUT2D eigenvalue weighted by Crippen LogP contribution is -2.29. The van der Waals surface area contributed by atoms with Gasteiger partial charge in [0.2, 0.25) is 0 Å². The van der Waals surface area contributed by atoms with E-state index in [-0.39, 0.29) is 4.68 Å². The SMILES string of the molecule is COc1ccc(OC)c(C(C)NC(=O)c2cnn(-c3cccc(C(F)(F)F)c3)c2C(F)(F)F)c1. The number of hydrogen-bond acceptors (Lipinski definition) is 4. The van der Waals surface area contributed by atoms with Crippen molar-refractivity contribution in [3.63, 3.8) is 0 Å². The van der Waals surface area contributed by atoms with Crippen molar-refractivity contribution in [3.05, 3.63) is 71.0 Å². The average molecular weight is 487 g/mol. The van der Waals surface area contributed by atoms with Gasteiger partial charge in [-0.1, -0.05) is 6.07 Å². The summed E-state index contributed by atoms with van der Waals surface area (Å²) in [5, 5.41) is 6.01. The van der Waals surface area contributed by atoms with Crippen molar-refractivity contribution >= 4 is 5.91 Å². The molecule has 0 saturated heterocycles. The first-order valence-corrected chi connectivity index (χ1v) is 9.72. The van der Waals surface area contributed by atoms with Crippen molar-refractivity contribution in [3.8, 4) is 17.2 Å². The first-order chi connectivity index (χ1) is 15.9. The number of aromatic nitrogens is 2. The summed E-state index contributed by atoms with van der Waals surface area (Å²) in [4.78, 5) is 12.8. The maximum absolute atomic E-state index is 13.9. The molecule has 1 heterocycles. The Bertz CT molecular complexity index is 1190. The largest absolute Gasteiger partial charge is 0.497 e. The van der Waals surface area contributed by atoms with Crippen molar-refractivity contribution in [2.45, 2.75) is 25.3 Å². The van der Waals surface area contributed by atoms with Crippen LogP contribution in [0.5, 0.6) is 11.5 Å². The smallest absolute Gasteiger partial charge is 0.434 e. The predicted molar refractivity (Wildman–Crippen MR) is 109 cm³/mol. The second-order valence-electron chi connectivity index (χ2n) is 7.17. The number of benzene rings is 2. The molecule has 6 nitrogen and oxygen atoms in total. The molecule has 12 heteroatoms. The van der Waals surface area contributed by atoms with E-state index in [2.05, 4.69) is 10.4 Å². The van der Waals surface area contributed by atoms with E-state index < -0.39 is 46.8 Å². The molecule has 1 aromatic heterocycles. The number of amides is 1. The molecule has 182 valence electrons. The van der Waals surface area contributed by atoms with Crippen LogP contribution in [0, 0.1) is 0 Å². The normalized spacial score (nSPS) is 12.9. The highest BCUT2D eigenvalue weighted by atomic mass is 19.4. The Hall–Kier alpha value is -3.70. The Morgan fingerprint density at radius 2 is 1.71 bits per heavy atom. The van der Waals surface area contributed by atoms with Crippen molar-refractivity contribution in [1.82, 2.24) is 15.1 Å². The molecule has 0 aliphatic carbocycles. The highest BCUT2D eigenvalue weighted by Gasteiger charge is 2.41. The van der Waals surface area contributed by atoms with Crippen LogP contribution < -0.4 is 14.8 Å². The van der Waals surface area contributed by atoms with E-state index in [1.165, 1.54) is 21.1 Å². The summed E-state index contributed by atoms with van der Waals surface area (Å²) in [6, 6.07) is 7.15. The van der Waals surface area contributed by atoms with Crippen LogP contribution in [0.3, 0.4) is 0 Å². The van der Waals surface area contributed by atoms with Gasteiger partial charge in [-0.2, -0.15) is 31.4 Å². The lowest BCUT2D eigenvalue weighted by molar-refractivity contribution is -0.143.